The van der Waals surface area contributed by atoms with Gasteiger partial charge in [-0.3, -0.25) is 0 Å². The van der Waals surface area contributed by atoms with Gasteiger partial charge in [-0.05, 0) is 12.8 Å². The Balaban J connectivity index is 3.36. The topological polar surface area (TPSA) is 82.3 Å². The molecule has 0 fully saturated rings. The zero-order chi connectivity index (χ0) is 11.5. The molecule has 0 bridgehead atoms. The summed E-state index contributed by atoms with van der Waals surface area (Å²) in [6.07, 6.45) is 1.77. The summed E-state index contributed by atoms with van der Waals surface area (Å²) < 4.78 is 0. The normalized spacial score (nSPS) is 9.20. The Bertz CT molecular complexity index is 177. The number of carbonyl (C=O) groups is 2. The quantitative estimate of drug-likeness (QED) is 0.484. The zero-order valence-corrected chi connectivity index (χ0v) is 9.35. The van der Waals surface area contributed by atoms with Crippen LogP contribution < -0.4 is 21.3 Å². The summed E-state index contributed by atoms with van der Waals surface area (Å²) in [6, 6.07) is -0.541. The van der Waals surface area contributed by atoms with E-state index in [0.29, 0.717) is 13.1 Å². The molecule has 0 heterocycles. The highest BCUT2D eigenvalue weighted by Crippen LogP contribution is 1.72. The van der Waals surface area contributed by atoms with Crippen molar-refractivity contribution < 1.29 is 9.59 Å². The number of carbonyl (C=O) groups excluding carboxylic acids is 2. The summed E-state index contributed by atoms with van der Waals surface area (Å²) in [5, 5.41) is 10.3. The molecule has 0 aliphatic rings. The average Bonchev–Trinajstić information content (AvgIpc) is 2.23. The molecule has 0 aliphatic heterocycles. The summed E-state index contributed by atoms with van der Waals surface area (Å²) in [6.45, 7) is 5.33. The van der Waals surface area contributed by atoms with E-state index in [1.165, 1.54) is 0 Å². The van der Waals surface area contributed by atoms with Gasteiger partial charge >= 0.3 is 12.1 Å². The third-order valence-electron chi connectivity index (χ3n) is 1.57. The van der Waals surface area contributed by atoms with Crippen LogP contribution in [0.15, 0.2) is 0 Å². The van der Waals surface area contributed by atoms with Gasteiger partial charge in [0.25, 0.3) is 0 Å². The van der Waals surface area contributed by atoms with Gasteiger partial charge in [0.15, 0.2) is 0 Å². The molecule has 0 aliphatic carbocycles. The van der Waals surface area contributed by atoms with Crippen LogP contribution in [-0.4, -0.2) is 31.8 Å². The Labute approximate surface area is 90.2 Å². The van der Waals surface area contributed by atoms with Crippen molar-refractivity contribution in [3.8, 4) is 0 Å². The van der Waals surface area contributed by atoms with Crippen molar-refractivity contribution in [2.75, 3.05) is 19.8 Å². The third-order valence-corrected chi connectivity index (χ3v) is 1.57. The van der Waals surface area contributed by atoms with E-state index in [4.69, 9.17) is 0 Å². The van der Waals surface area contributed by atoms with Crippen molar-refractivity contribution in [1.82, 2.24) is 21.3 Å². The minimum atomic E-state index is -0.271. The highest BCUT2D eigenvalue weighted by molar-refractivity contribution is 5.76. The van der Waals surface area contributed by atoms with Crippen molar-refractivity contribution >= 4 is 12.1 Å². The molecule has 0 saturated heterocycles. The molecule has 4 N–H and O–H groups in total. The molecule has 88 valence electrons. The van der Waals surface area contributed by atoms with Gasteiger partial charge in [-0.2, -0.15) is 0 Å². The molecule has 0 spiro atoms. The lowest BCUT2D eigenvalue weighted by Gasteiger charge is -2.08. The first-order valence-corrected chi connectivity index (χ1v) is 5.24. The van der Waals surface area contributed by atoms with E-state index in [1.54, 1.807) is 0 Å². The van der Waals surface area contributed by atoms with Gasteiger partial charge in [0.05, 0.1) is 6.67 Å². The molecule has 0 aromatic heterocycles. The molecular weight excluding hydrogens is 196 g/mol. The maximum Gasteiger partial charge on any atom is 0.316 e. The van der Waals surface area contributed by atoms with Crippen LogP contribution in [0, 0.1) is 0 Å². The van der Waals surface area contributed by atoms with Gasteiger partial charge in [0.2, 0.25) is 0 Å². The number of nitrogens with one attached hydrogen (secondary N) is 4. The fourth-order valence-corrected chi connectivity index (χ4v) is 0.807. The SMILES string of the molecule is CCCNC(=O)NCNC(=O)NCCC. The smallest absolute Gasteiger partial charge is 0.316 e. The van der Waals surface area contributed by atoms with Crippen molar-refractivity contribution in [2.45, 2.75) is 26.7 Å². The fraction of sp³-hybridized carbons (Fsp3) is 0.778. The lowest BCUT2D eigenvalue weighted by Crippen LogP contribution is -2.45. The number of urea groups is 2. The molecular formula is C9H20N4O2. The summed E-state index contributed by atoms with van der Waals surface area (Å²) in [4.78, 5) is 22.0. The second-order valence-corrected chi connectivity index (χ2v) is 3.04. The zero-order valence-electron chi connectivity index (χ0n) is 9.35. The number of rotatable bonds is 6. The van der Waals surface area contributed by atoms with Crippen LogP contribution >= 0.6 is 0 Å². The molecule has 0 aromatic carbocycles. The van der Waals surface area contributed by atoms with E-state index in [0.717, 1.165) is 12.8 Å². The van der Waals surface area contributed by atoms with E-state index < -0.39 is 0 Å². The van der Waals surface area contributed by atoms with Crippen molar-refractivity contribution in [2.24, 2.45) is 0 Å². The Hall–Kier alpha value is -1.46. The lowest BCUT2D eigenvalue weighted by molar-refractivity contribution is 0.234. The molecule has 4 amide bonds. The second-order valence-electron chi connectivity index (χ2n) is 3.04. The monoisotopic (exact) mass is 216 g/mol. The molecule has 0 radical (unpaired) electrons. The van der Waals surface area contributed by atoms with Crippen LogP contribution in [0.2, 0.25) is 0 Å². The van der Waals surface area contributed by atoms with Crippen molar-refractivity contribution in [1.29, 1.82) is 0 Å². The van der Waals surface area contributed by atoms with E-state index in [9.17, 15) is 9.59 Å². The molecule has 6 nitrogen and oxygen atoms in total. The van der Waals surface area contributed by atoms with E-state index in [1.807, 2.05) is 13.8 Å². The van der Waals surface area contributed by atoms with Gasteiger partial charge in [-0.15, -0.1) is 0 Å². The largest absolute Gasteiger partial charge is 0.338 e. The first-order valence-electron chi connectivity index (χ1n) is 5.24. The predicted molar refractivity (Wildman–Crippen MR) is 58.5 cm³/mol. The van der Waals surface area contributed by atoms with E-state index in [2.05, 4.69) is 21.3 Å². The molecule has 15 heavy (non-hydrogen) atoms. The molecule has 0 aromatic rings. The fourth-order valence-electron chi connectivity index (χ4n) is 0.807. The lowest BCUT2D eigenvalue weighted by atomic mass is 10.5. The summed E-state index contributed by atoms with van der Waals surface area (Å²) in [5.74, 6) is 0. The van der Waals surface area contributed by atoms with Crippen LogP contribution in [0.3, 0.4) is 0 Å². The first-order chi connectivity index (χ1) is 7.20. The van der Waals surface area contributed by atoms with Crippen LogP contribution in [0.1, 0.15) is 26.7 Å². The highest BCUT2D eigenvalue weighted by atomic mass is 16.2. The van der Waals surface area contributed by atoms with Crippen LogP contribution in [0.25, 0.3) is 0 Å². The third kappa shape index (κ3) is 8.86. The predicted octanol–water partition coefficient (Wildman–Crippen LogP) is 0.362. The molecule has 0 rings (SSSR count). The van der Waals surface area contributed by atoms with Crippen LogP contribution in [0.4, 0.5) is 9.59 Å². The molecule has 6 heteroatoms. The van der Waals surface area contributed by atoms with Crippen LogP contribution in [0.5, 0.6) is 0 Å². The minimum Gasteiger partial charge on any atom is -0.338 e. The highest BCUT2D eigenvalue weighted by Gasteiger charge is 1.99. The van der Waals surface area contributed by atoms with E-state index >= 15 is 0 Å². The van der Waals surface area contributed by atoms with Crippen LogP contribution in [-0.2, 0) is 0 Å². The summed E-state index contributed by atoms with van der Waals surface area (Å²) >= 11 is 0. The van der Waals surface area contributed by atoms with Crippen molar-refractivity contribution in [3.05, 3.63) is 0 Å². The van der Waals surface area contributed by atoms with Gasteiger partial charge < -0.3 is 21.3 Å². The second kappa shape index (κ2) is 9.11. The minimum absolute atomic E-state index is 0.130. The Morgan fingerprint density at radius 2 is 1.20 bits per heavy atom. The molecule has 0 atom stereocenters. The number of hydrogen-bond donors (Lipinski definition) is 4. The number of amides is 4. The maximum atomic E-state index is 11.0. The first kappa shape index (κ1) is 13.5. The average molecular weight is 216 g/mol. The van der Waals surface area contributed by atoms with Gasteiger partial charge in [0.1, 0.15) is 0 Å². The molecule has 0 unspecified atom stereocenters. The summed E-state index contributed by atoms with van der Waals surface area (Å²) in [7, 11) is 0. The van der Waals surface area contributed by atoms with Crippen molar-refractivity contribution in [3.63, 3.8) is 0 Å². The van der Waals surface area contributed by atoms with E-state index in [-0.39, 0.29) is 18.7 Å². The van der Waals surface area contributed by atoms with Gasteiger partial charge in [0, 0.05) is 13.1 Å². The Morgan fingerprint density at radius 3 is 1.53 bits per heavy atom. The van der Waals surface area contributed by atoms with Gasteiger partial charge in [-0.1, -0.05) is 13.8 Å². The summed E-state index contributed by atoms with van der Waals surface area (Å²) in [5.41, 5.74) is 0. The standard InChI is InChI=1S/C9H20N4O2/c1-3-5-10-8(14)12-7-13-9(15)11-6-4-2/h3-7H2,1-2H3,(H2,10,12,14)(H2,11,13,15). The van der Waals surface area contributed by atoms with Gasteiger partial charge in [-0.25, -0.2) is 9.59 Å². The Morgan fingerprint density at radius 1 is 0.800 bits per heavy atom. The maximum absolute atomic E-state index is 11.0. The Kier molecular flexibility index (Phi) is 8.22. The number of hydrogen-bond acceptors (Lipinski definition) is 2. The molecule has 0 saturated carbocycles.